The maximum Gasteiger partial charge on any atom is 0.353 e. The molecule has 2 N–H and O–H groups in total. The Morgan fingerprint density at radius 2 is 1.74 bits per heavy atom. The summed E-state index contributed by atoms with van der Waals surface area (Å²) in [5.41, 5.74) is 8.14. The van der Waals surface area contributed by atoms with E-state index in [0.29, 0.717) is 5.75 Å². The van der Waals surface area contributed by atoms with Gasteiger partial charge in [0.25, 0.3) is 0 Å². The summed E-state index contributed by atoms with van der Waals surface area (Å²) in [4.78, 5) is 22.2. The average Bonchev–Trinajstić information content (AvgIpc) is 2.31. The maximum absolute atomic E-state index is 11.3. The van der Waals surface area contributed by atoms with Gasteiger partial charge in [-0.2, -0.15) is 0 Å². The van der Waals surface area contributed by atoms with Crippen LogP contribution in [0.25, 0.3) is 6.08 Å². The fourth-order valence-electron chi connectivity index (χ4n) is 1.72. The van der Waals surface area contributed by atoms with Crippen molar-refractivity contribution in [2.45, 2.75) is 20.8 Å². The molecule has 1 aromatic rings. The quantitative estimate of drug-likeness (QED) is 0.510. The van der Waals surface area contributed by atoms with Crippen LogP contribution in [0.4, 0.5) is 0 Å². The number of ether oxygens (including phenoxy) is 2. The Morgan fingerprint density at radius 3 is 2.16 bits per heavy atom. The SMILES string of the molecule is COC(=O)C(N)=Cc1c(C)cc(OC(C)=O)cc1C. The summed E-state index contributed by atoms with van der Waals surface area (Å²) in [5.74, 6) is -0.490. The van der Waals surface area contributed by atoms with Crippen molar-refractivity contribution < 1.29 is 19.1 Å². The van der Waals surface area contributed by atoms with Crippen LogP contribution in [0, 0.1) is 13.8 Å². The minimum Gasteiger partial charge on any atom is -0.464 e. The number of carbonyl (C=O) groups excluding carboxylic acids is 2. The molecule has 19 heavy (non-hydrogen) atoms. The van der Waals surface area contributed by atoms with Gasteiger partial charge in [0.1, 0.15) is 11.4 Å². The predicted molar refractivity (Wildman–Crippen MR) is 71.4 cm³/mol. The summed E-state index contributed by atoms with van der Waals surface area (Å²) >= 11 is 0. The number of benzene rings is 1. The third-order valence-corrected chi connectivity index (χ3v) is 2.55. The predicted octanol–water partition coefficient (Wildman–Crippen LogP) is 1.70. The van der Waals surface area contributed by atoms with Gasteiger partial charge >= 0.3 is 11.9 Å². The van der Waals surface area contributed by atoms with Crippen LogP contribution >= 0.6 is 0 Å². The van der Waals surface area contributed by atoms with Crippen LogP contribution in [-0.2, 0) is 14.3 Å². The number of methoxy groups -OCH3 is 1. The number of hydrogen-bond donors (Lipinski definition) is 1. The first-order valence-corrected chi connectivity index (χ1v) is 5.70. The minimum atomic E-state index is -0.581. The van der Waals surface area contributed by atoms with Gasteiger partial charge in [-0.15, -0.1) is 0 Å². The Kier molecular flexibility index (Phi) is 4.69. The van der Waals surface area contributed by atoms with E-state index in [2.05, 4.69) is 4.74 Å². The average molecular weight is 263 g/mol. The largest absolute Gasteiger partial charge is 0.464 e. The maximum atomic E-state index is 11.3. The zero-order valence-electron chi connectivity index (χ0n) is 11.4. The Morgan fingerprint density at radius 1 is 1.21 bits per heavy atom. The highest BCUT2D eigenvalue weighted by Gasteiger charge is 2.09. The van der Waals surface area contributed by atoms with Crippen LogP contribution in [-0.4, -0.2) is 19.0 Å². The molecule has 0 aliphatic heterocycles. The van der Waals surface area contributed by atoms with E-state index in [-0.39, 0.29) is 11.7 Å². The first kappa shape index (κ1) is 14.8. The third kappa shape index (κ3) is 3.84. The Hall–Kier alpha value is -2.30. The molecule has 0 radical (unpaired) electrons. The van der Waals surface area contributed by atoms with Gasteiger partial charge in [0.2, 0.25) is 0 Å². The van der Waals surface area contributed by atoms with Gasteiger partial charge in [-0.25, -0.2) is 4.79 Å². The molecule has 0 saturated heterocycles. The second-order valence-corrected chi connectivity index (χ2v) is 4.16. The number of carbonyl (C=O) groups is 2. The minimum absolute atomic E-state index is 0.0222. The van der Waals surface area contributed by atoms with Crippen molar-refractivity contribution in [3.63, 3.8) is 0 Å². The van der Waals surface area contributed by atoms with E-state index in [1.54, 1.807) is 18.2 Å². The number of nitrogens with two attached hydrogens (primary N) is 1. The fraction of sp³-hybridized carbons (Fsp3) is 0.286. The lowest BCUT2D eigenvalue weighted by Gasteiger charge is -2.10. The second-order valence-electron chi connectivity index (χ2n) is 4.16. The molecule has 0 spiro atoms. The summed E-state index contributed by atoms with van der Waals surface area (Å²) in [7, 11) is 1.27. The van der Waals surface area contributed by atoms with Crippen LogP contribution in [0.2, 0.25) is 0 Å². The van der Waals surface area contributed by atoms with E-state index in [4.69, 9.17) is 10.5 Å². The molecule has 0 bridgehead atoms. The molecule has 5 nitrogen and oxygen atoms in total. The van der Waals surface area contributed by atoms with Crippen LogP contribution in [0.15, 0.2) is 17.8 Å². The van der Waals surface area contributed by atoms with Crippen LogP contribution in [0.3, 0.4) is 0 Å². The first-order chi connectivity index (χ1) is 8.85. The van der Waals surface area contributed by atoms with Crippen LogP contribution in [0.1, 0.15) is 23.6 Å². The highest BCUT2D eigenvalue weighted by Crippen LogP contribution is 2.23. The van der Waals surface area contributed by atoms with E-state index >= 15 is 0 Å². The van der Waals surface area contributed by atoms with Crippen LogP contribution in [0.5, 0.6) is 5.75 Å². The molecule has 102 valence electrons. The zero-order valence-corrected chi connectivity index (χ0v) is 11.4. The third-order valence-electron chi connectivity index (χ3n) is 2.55. The molecule has 0 heterocycles. The van der Waals surface area contributed by atoms with Crippen molar-refractivity contribution in [1.29, 1.82) is 0 Å². The Labute approximate surface area is 112 Å². The summed E-state index contributed by atoms with van der Waals surface area (Å²) in [5, 5.41) is 0. The lowest BCUT2D eigenvalue weighted by atomic mass is 10.0. The smallest absolute Gasteiger partial charge is 0.353 e. The van der Waals surface area contributed by atoms with Gasteiger partial charge in [-0.1, -0.05) is 0 Å². The van der Waals surface area contributed by atoms with E-state index < -0.39 is 5.97 Å². The van der Waals surface area contributed by atoms with Gasteiger partial charge in [-0.3, -0.25) is 4.79 Å². The van der Waals surface area contributed by atoms with Gasteiger partial charge in [-0.05, 0) is 48.7 Å². The van der Waals surface area contributed by atoms with E-state index in [9.17, 15) is 9.59 Å². The highest BCUT2D eigenvalue weighted by molar-refractivity contribution is 5.93. The van der Waals surface area contributed by atoms with Gasteiger partial charge in [0.15, 0.2) is 0 Å². The molecule has 5 heteroatoms. The van der Waals surface area contributed by atoms with Crippen LogP contribution < -0.4 is 10.5 Å². The molecule has 1 rings (SSSR count). The molecule has 0 saturated carbocycles. The summed E-state index contributed by atoms with van der Waals surface area (Å²) in [6.45, 7) is 5.03. The molecule has 0 aromatic heterocycles. The van der Waals surface area contributed by atoms with E-state index in [0.717, 1.165) is 16.7 Å². The van der Waals surface area contributed by atoms with Crippen molar-refractivity contribution in [3.05, 3.63) is 34.5 Å². The number of esters is 2. The Balaban J connectivity index is 3.17. The van der Waals surface area contributed by atoms with Crippen molar-refractivity contribution in [1.82, 2.24) is 0 Å². The lowest BCUT2D eigenvalue weighted by Crippen LogP contribution is -2.12. The van der Waals surface area contributed by atoms with Gasteiger partial charge in [0.05, 0.1) is 7.11 Å². The molecule has 0 fully saturated rings. The number of aryl methyl sites for hydroxylation is 2. The van der Waals surface area contributed by atoms with E-state index in [1.807, 2.05) is 13.8 Å². The number of rotatable bonds is 3. The fourth-order valence-corrected chi connectivity index (χ4v) is 1.72. The molecule has 0 unspecified atom stereocenters. The Bertz CT molecular complexity index is 523. The summed E-state index contributed by atoms with van der Waals surface area (Å²) in [6, 6.07) is 3.43. The van der Waals surface area contributed by atoms with Gasteiger partial charge in [0, 0.05) is 6.92 Å². The lowest BCUT2D eigenvalue weighted by molar-refractivity contribution is -0.136. The van der Waals surface area contributed by atoms with Crippen molar-refractivity contribution in [2.24, 2.45) is 5.73 Å². The number of hydrogen-bond acceptors (Lipinski definition) is 5. The summed E-state index contributed by atoms with van der Waals surface area (Å²) < 4.78 is 9.56. The van der Waals surface area contributed by atoms with Crippen molar-refractivity contribution >= 4 is 18.0 Å². The molecule has 0 aliphatic carbocycles. The van der Waals surface area contributed by atoms with E-state index in [1.165, 1.54) is 14.0 Å². The summed E-state index contributed by atoms with van der Waals surface area (Å²) in [6.07, 6.45) is 1.55. The topological polar surface area (TPSA) is 78.6 Å². The molecule has 1 aromatic carbocycles. The molecular formula is C14H17NO4. The van der Waals surface area contributed by atoms with Gasteiger partial charge < -0.3 is 15.2 Å². The molecule has 0 aliphatic rings. The molecular weight excluding hydrogens is 246 g/mol. The zero-order chi connectivity index (χ0) is 14.6. The monoisotopic (exact) mass is 263 g/mol. The first-order valence-electron chi connectivity index (χ1n) is 5.70. The highest BCUT2D eigenvalue weighted by atomic mass is 16.5. The second kappa shape index (κ2) is 6.04. The van der Waals surface area contributed by atoms with Crippen molar-refractivity contribution in [2.75, 3.05) is 7.11 Å². The van der Waals surface area contributed by atoms with Crippen molar-refractivity contribution in [3.8, 4) is 5.75 Å². The molecule has 0 amide bonds. The molecule has 0 atom stereocenters. The normalized spacial score (nSPS) is 11.1. The standard InChI is InChI=1S/C14H17NO4/c1-8-5-11(19-10(3)16)6-9(2)12(8)7-13(15)14(17)18-4/h5-7H,15H2,1-4H3.